The van der Waals surface area contributed by atoms with Crippen LogP contribution in [0, 0.1) is 0 Å². The summed E-state index contributed by atoms with van der Waals surface area (Å²) in [6.45, 7) is 12.8. The van der Waals surface area contributed by atoms with E-state index in [9.17, 15) is 0 Å². The number of benzene rings is 11. The fourth-order valence-electron chi connectivity index (χ4n) is 12.6. The molecule has 0 saturated heterocycles. The van der Waals surface area contributed by atoms with E-state index in [-0.39, 0.29) is 12.2 Å². The summed E-state index contributed by atoms with van der Waals surface area (Å²) in [5.74, 6) is 1.73. The predicted molar refractivity (Wildman–Crippen MR) is 334 cm³/mol. The van der Waals surface area contributed by atoms with E-state index in [0.717, 1.165) is 71.3 Å². The monoisotopic (exact) mass is 1010 g/mol. The van der Waals surface area contributed by atoms with Crippen LogP contribution in [-0.4, -0.2) is 12.2 Å². The zero-order valence-corrected chi connectivity index (χ0v) is 45.5. The molecule has 78 heavy (non-hydrogen) atoms. The molecule has 0 unspecified atom stereocenters. The number of aryl methyl sites for hydroxylation is 2. The topological polar surface area (TPSA) is 24.9 Å². The van der Waals surface area contributed by atoms with Gasteiger partial charge in [-0.05, 0) is 213 Å². The second-order valence-electron chi connectivity index (χ2n) is 21.5. The molecule has 0 fully saturated rings. The van der Waals surface area contributed by atoms with Crippen LogP contribution in [0.2, 0.25) is 0 Å². The van der Waals surface area contributed by atoms with E-state index in [1.54, 1.807) is 0 Å². The van der Waals surface area contributed by atoms with Gasteiger partial charge in [-0.3, -0.25) is 0 Å². The van der Waals surface area contributed by atoms with Gasteiger partial charge in [0.25, 0.3) is 0 Å². The molecule has 0 aliphatic rings. The van der Waals surface area contributed by atoms with Crippen molar-refractivity contribution in [2.45, 2.75) is 79.4 Å². The quantitative estimate of drug-likeness (QED) is 0.0963. The first-order chi connectivity index (χ1) is 38.3. The summed E-state index contributed by atoms with van der Waals surface area (Å²) in [4.78, 5) is 4.87. The molecule has 13 aromatic carbocycles. The Labute approximate surface area is 458 Å². The van der Waals surface area contributed by atoms with E-state index in [2.05, 4.69) is 270 Å². The highest BCUT2D eigenvalue weighted by Gasteiger charge is 2.30. The maximum atomic E-state index is 6.17. The Kier molecular flexibility index (Phi) is 12.7. The van der Waals surface area contributed by atoms with Crippen molar-refractivity contribution in [2.24, 2.45) is 0 Å². The molecule has 13 rings (SSSR count). The Bertz CT molecular complexity index is 3910. The van der Waals surface area contributed by atoms with Crippen LogP contribution in [0.15, 0.2) is 218 Å². The molecule has 0 N–H and O–H groups in total. The molecule has 0 aliphatic carbocycles. The third-order valence-corrected chi connectivity index (χ3v) is 15.6. The average molecular weight is 1010 g/mol. The van der Waals surface area contributed by atoms with Gasteiger partial charge in [-0.15, -0.1) is 0 Å². The van der Waals surface area contributed by atoms with E-state index in [1.165, 1.54) is 98.0 Å². The fourth-order valence-corrected chi connectivity index (χ4v) is 12.6. The van der Waals surface area contributed by atoms with Crippen LogP contribution in [0.4, 0.5) is 34.1 Å². The number of fused-ring (bicyclic) bond motifs is 6. The number of ether oxygens (including phenoxy) is 2. The molecule has 0 atom stereocenters. The van der Waals surface area contributed by atoms with Crippen molar-refractivity contribution in [3.63, 3.8) is 0 Å². The molecule has 13 aromatic rings. The van der Waals surface area contributed by atoms with Crippen LogP contribution in [0.3, 0.4) is 0 Å². The second-order valence-corrected chi connectivity index (χ2v) is 21.5. The standard InChI is InChI=1S/C74H64N2O2/c1-7-17-49-27-31-53(32-28-49)75(55-35-39-57(40-36-55)77-47(3)4)65-45-43-63-69-59(65)23-15-25-61(69)71-67(51-19-11-9-12-20-51)74-64-44-46-66(60-24-16-26-62(70(60)64)72(74)68(73(63)71)52-21-13-10-14-22-52)76(54-33-29-50(18-8-2)30-34-54)56-37-41-58(42-38-56)78-48(5)6/h9-16,19-48H,7-8,17-18H2,1-6H3. The SMILES string of the molecule is CCCc1ccc(N(c2ccc(OC(C)C)cc2)c2ccc3c4c(-c5ccccc5)c5c6cccc7c(N(c8ccc(CCC)cc8)c8ccc(OC(C)C)cc8)ccc(c5c(-c5ccccc5)c4c4cccc2c43)c76)cc1. The lowest BCUT2D eigenvalue weighted by Crippen LogP contribution is -2.11. The van der Waals surface area contributed by atoms with Gasteiger partial charge in [-0.2, -0.15) is 0 Å². The number of hydrogen-bond acceptors (Lipinski definition) is 4. The molecular weight excluding hydrogens is 949 g/mol. The molecule has 4 heteroatoms. The average Bonchev–Trinajstić information content (AvgIpc) is 4.21. The lowest BCUT2D eigenvalue weighted by Gasteiger charge is -2.27. The van der Waals surface area contributed by atoms with Gasteiger partial charge in [0.15, 0.2) is 0 Å². The lowest BCUT2D eigenvalue weighted by molar-refractivity contribution is 0.242. The van der Waals surface area contributed by atoms with Crippen molar-refractivity contribution in [3.8, 4) is 33.8 Å². The summed E-state index contributed by atoms with van der Waals surface area (Å²) in [5, 5.41) is 15.1. The van der Waals surface area contributed by atoms with Crippen LogP contribution < -0.4 is 19.3 Å². The minimum Gasteiger partial charge on any atom is -0.491 e. The maximum Gasteiger partial charge on any atom is 0.119 e. The van der Waals surface area contributed by atoms with Gasteiger partial charge >= 0.3 is 0 Å². The Morgan fingerprint density at radius 3 is 0.962 bits per heavy atom. The molecule has 0 spiro atoms. The first-order valence-electron chi connectivity index (χ1n) is 28.1. The number of hydrogen-bond donors (Lipinski definition) is 0. The largest absolute Gasteiger partial charge is 0.491 e. The molecule has 0 radical (unpaired) electrons. The van der Waals surface area contributed by atoms with Gasteiger partial charge in [-0.25, -0.2) is 0 Å². The van der Waals surface area contributed by atoms with Crippen molar-refractivity contribution >= 4 is 98.8 Å². The summed E-state index contributed by atoms with van der Waals surface area (Å²) >= 11 is 0. The Hall–Kier alpha value is -8.86. The van der Waals surface area contributed by atoms with Crippen LogP contribution >= 0.6 is 0 Å². The van der Waals surface area contributed by atoms with Crippen LogP contribution in [0.5, 0.6) is 11.5 Å². The first-order valence-corrected chi connectivity index (χ1v) is 28.1. The van der Waals surface area contributed by atoms with Crippen molar-refractivity contribution in [1.82, 2.24) is 0 Å². The molecule has 382 valence electrons. The highest BCUT2D eigenvalue weighted by molar-refractivity contribution is 6.47. The summed E-state index contributed by atoms with van der Waals surface area (Å²) < 4.78 is 12.3. The van der Waals surface area contributed by atoms with E-state index < -0.39 is 0 Å². The van der Waals surface area contributed by atoms with Crippen molar-refractivity contribution in [3.05, 3.63) is 230 Å². The third kappa shape index (κ3) is 8.39. The minimum atomic E-state index is 0.0844. The van der Waals surface area contributed by atoms with Crippen LogP contribution in [0.25, 0.3) is 86.9 Å². The van der Waals surface area contributed by atoms with Gasteiger partial charge in [0, 0.05) is 33.5 Å². The van der Waals surface area contributed by atoms with Crippen LogP contribution in [-0.2, 0) is 12.8 Å². The molecule has 0 bridgehead atoms. The predicted octanol–water partition coefficient (Wildman–Crippen LogP) is 21.2. The summed E-state index contributed by atoms with van der Waals surface area (Å²) in [6.07, 6.45) is 4.48. The molecule has 0 heterocycles. The van der Waals surface area contributed by atoms with Crippen molar-refractivity contribution in [2.75, 3.05) is 9.80 Å². The Balaban J connectivity index is 1.12. The summed E-state index contributed by atoms with van der Waals surface area (Å²) in [6, 6.07) is 81.4. The van der Waals surface area contributed by atoms with E-state index in [4.69, 9.17) is 9.47 Å². The van der Waals surface area contributed by atoms with Gasteiger partial charge in [0.1, 0.15) is 11.5 Å². The second kappa shape index (κ2) is 20.3. The van der Waals surface area contributed by atoms with Crippen molar-refractivity contribution < 1.29 is 9.47 Å². The normalized spacial score (nSPS) is 11.9. The van der Waals surface area contributed by atoms with Crippen molar-refractivity contribution in [1.29, 1.82) is 0 Å². The molecule has 4 nitrogen and oxygen atoms in total. The third-order valence-electron chi connectivity index (χ3n) is 15.6. The van der Waals surface area contributed by atoms with E-state index in [0.29, 0.717) is 0 Å². The maximum absolute atomic E-state index is 6.17. The zero-order valence-electron chi connectivity index (χ0n) is 45.5. The van der Waals surface area contributed by atoms with E-state index in [1.807, 2.05) is 0 Å². The minimum absolute atomic E-state index is 0.0844. The lowest BCUT2D eigenvalue weighted by atomic mass is 9.87. The Morgan fingerprint density at radius 1 is 0.308 bits per heavy atom. The molecule has 0 saturated carbocycles. The van der Waals surface area contributed by atoms with Gasteiger partial charge in [0.2, 0.25) is 0 Å². The van der Waals surface area contributed by atoms with Gasteiger partial charge in [-0.1, -0.05) is 160 Å². The number of rotatable bonds is 16. The number of nitrogens with zero attached hydrogens (tertiary/aromatic N) is 2. The van der Waals surface area contributed by atoms with Crippen LogP contribution in [0.1, 0.15) is 65.5 Å². The molecule has 0 aromatic heterocycles. The first kappa shape index (κ1) is 48.8. The van der Waals surface area contributed by atoms with Gasteiger partial charge < -0.3 is 19.3 Å². The molecule has 0 amide bonds. The Morgan fingerprint density at radius 2 is 0.628 bits per heavy atom. The highest BCUT2D eigenvalue weighted by atomic mass is 16.5. The highest BCUT2D eigenvalue weighted by Crippen LogP contribution is 2.58. The summed E-state index contributed by atoms with van der Waals surface area (Å²) in [5.41, 5.74) is 14.3. The molecular formula is C74H64N2O2. The number of anilines is 6. The summed E-state index contributed by atoms with van der Waals surface area (Å²) in [7, 11) is 0. The smallest absolute Gasteiger partial charge is 0.119 e. The fraction of sp³-hybridized carbons (Fsp3) is 0.162. The van der Waals surface area contributed by atoms with Gasteiger partial charge in [0.05, 0.1) is 23.6 Å². The zero-order chi connectivity index (χ0) is 53.0. The van der Waals surface area contributed by atoms with E-state index >= 15 is 0 Å². The molecule has 0 aliphatic heterocycles.